The number of anilines is 1. The minimum atomic E-state index is -0.0882. The van der Waals surface area contributed by atoms with Gasteiger partial charge in [0.25, 0.3) is 0 Å². The predicted molar refractivity (Wildman–Crippen MR) is 65.6 cm³/mol. The molecule has 0 amide bonds. The zero-order chi connectivity index (χ0) is 12.5. The lowest BCUT2D eigenvalue weighted by Crippen LogP contribution is -2.22. The number of nitrogens with zero attached hydrogens (tertiary/aromatic N) is 1. The molecular weight excluding hydrogens is 200 g/mol. The molecule has 4 N–H and O–H groups in total. The van der Waals surface area contributed by atoms with E-state index in [1.54, 1.807) is 0 Å². The molecule has 0 aliphatic rings. The second-order valence-electron chi connectivity index (χ2n) is 3.90. The van der Waals surface area contributed by atoms with Gasteiger partial charge < -0.3 is 11.1 Å². The van der Waals surface area contributed by atoms with Gasteiger partial charge in [-0.3, -0.25) is 5.41 Å². The Morgan fingerprint density at radius 1 is 1.12 bits per heavy atom. The lowest BCUT2D eigenvalue weighted by atomic mass is 9.93. The molecule has 0 spiro atoms. The Hall–Kier alpha value is -2.02. The van der Waals surface area contributed by atoms with Crippen LogP contribution in [0.15, 0.2) is 0 Å². The first-order chi connectivity index (χ1) is 7.40. The Labute approximate surface area is 95.6 Å². The highest BCUT2D eigenvalue weighted by molar-refractivity contribution is 5.92. The van der Waals surface area contributed by atoms with Crippen LogP contribution in [0.4, 0.5) is 5.69 Å². The minimum Gasteiger partial charge on any atom is -0.370 e. The molecule has 0 aromatic heterocycles. The van der Waals surface area contributed by atoms with Gasteiger partial charge in [0, 0.05) is 5.69 Å². The molecule has 4 heteroatoms. The van der Waals surface area contributed by atoms with Gasteiger partial charge in [-0.15, -0.1) is 0 Å². The zero-order valence-electron chi connectivity index (χ0n) is 10.0. The Balaban J connectivity index is 3.55. The van der Waals surface area contributed by atoms with Gasteiger partial charge in [0.1, 0.15) is 0 Å². The van der Waals surface area contributed by atoms with Crippen molar-refractivity contribution in [1.82, 2.24) is 0 Å². The van der Waals surface area contributed by atoms with E-state index in [2.05, 4.69) is 11.4 Å². The summed E-state index contributed by atoms with van der Waals surface area (Å²) in [7, 11) is 0. The van der Waals surface area contributed by atoms with Crippen molar-refractivity contribution >= 4 is 11.6 Å². The summed E-state index contributed by atoms with van der Waals surface area (Å²) in [6, 6.07) is 2.21. The van der Waals surface area contributed by atoms with Gasteiger partial charge in [0.05, 0.1) is 11.6 Å². The molecule has 0 heterocycles. The van der Waals surface area contributed by atoms with Crippen LogP contribution in [0, 0.1) is 44.4 Å². The maximum Gasteiger partial charge on any atom is 0.190 e. The molecule has 0 bridgehead atoms. The van der Waals surface area contributed by atoms with Crippen molar-refractivity contribution in [3.63, 3.8) is 0 Å². The Morgan fingerprint density at radius 2 is 1.56 bits per heavy atom. The van der Waals surface area contributed by atoms with E-state index in [4.69, 9.17) is 16.4 Å². The minimum absolute atomic E-state index is 0.0882. The average molecular weight is 216 g/mol. The summed E-state index contributed by atoms with van der Waals surface area (Å²) in [5.41, 5.74) is 10.7. The summed E-state index contributed by atoms with van der Waals surface area (Å²) in [5.74, 6) is -0.0882. The third-order valence-corrected chi connectivity index (χ3v) is 3.00. The second kappa shape index (κ2) is 4.23. The maximum absolute atomic E-state index is 9.08. The summed E-state index contributed by atoms with van der Waals surface area (Å²) in [6.07, 6.45) is 0. The van der Waals surface area contributed by atoms with E-state index in [1.165, 1.54) is 0 Å². The number of hydrogen-bond acceptors (Lipinski definition) is 2. The number of rotatable bonds is 1. The maximum atomic E-state index is 9.08. The van der Waals surface area contributed by atoms with Crippen LogP contribution in [0.1, 0.15) is 27.8 Å². The van der Waals surface area contributed by atoms with Gasteiger partial charge in [-0.25, -0.2) is 0 Å². The number of guanidine groups is 1. The van der Waals surface area contributed by atoms with Gasteiger partial charge >= 0.3 is 0 Å². The van der Waals surface area contributed by atoms with Crippen molar-refractivity contribution in [2.75, 3.05) is 5.32 Å². The normalized spacial score (nSPS) is 9.69. The van der Waals surface area contributed by atoms with E-state index < -0.39 is 0 Å². The highest BCUT2D eigenvalue weighted by Crippen LogP contribution is 2.29. The SMILES string of the molecule is Cc1c(C)c(NC(=N)N)c(C)c(C)c1C#N. The van der Waals surface area contributed by atoms with Crippen molar-refractivity contribution in [3.8, 4) is 6.07 Å². The standard InChI is InChI=1S/C12H16N4/c1-6-8(3)11(16-12(14)15)9(4)7(2)10(6)5-13/h1-4H3,(H4,14,15,16). The van der Waals surface area contributed by atoms with E-state index in [9.17, 15) is 0 Å². The highest BCUT2D eigenvalue weighted by Gasteiger charge is 2.14. The van der Waals surface area contributed by atoms with Gasteiger partial charge in [-0.1, -0.05) is 0 Å². The van der Waals surface area contributed by atoms with Crippen molar-refractivity contribution in [2.24, 2.45) is 5.73 Å². The van der Waals surface area contributed by atoms with Gasteiger partial charge in [0.2, 0.25) is 0 Å². The lowest BCUT2D eigenvalue weighted by Gasteiger charge is -2.17. The third kappa shape index (κ3) is 1.84. The van der Waals surface area contributed by atoms with Crippen LogP contribution in [0.2, 0.25) is 0 Å². The van der Waals surface area contributed by atoms with Crippen LogP contribution in [-0.4, -0.2) is 5.96 Å². The molecule has 1 rings (SSSR count). The average Bonchev–Trinajstić information content (AvgIpc) is 2.22. The van der Waals surface area contributed by atoms with Crippen LogP contribution < -0.4 is 11.1 Å². The smallest absolute Gasteiger partial charge is 0.190 e. The van der Waals surface area contributed by atoms with Crippen molar-refractivity contribution < 1.29 is 0 Å². The topological polar surface area (TPSA) is 85.7 Å². The van der Waals surface area contributed by atoms with Crippen LogP contribution in [0.3, 0.4) is 0 Å². The molecule has 1 aromatic rings. The zero-order valence-corrected chi connectivity index (χ0v) is 10.0. The van der Waals surface area contributed by atoms with Crippen LogP contribution in [0.25, 0.3) is 0 Å². The monoisotopic (exact) mass is 216 g/mol. The summed E-state index contributed by atoms with van der Waals surface area (Å²) >= 11 is 0. The van der Waals surface area contributed by atoms with Gasteiger partial charge in [-0.05, 0) is 49.9 Å². The first kappa shape index (κ1) is 12.1. The Morgan fingerprint density at radius 3 is 1.88 bits per heavy atom. The summed E-state index contributed by atoms with van der Waals surface area (Å²) in [5, 5.41) is 19.2. The van der Waals surface area contributed by atoms with Crippen LogP contribution in [0.5, 0.6) is 0 Å². The fourth-order valence-electron chi connectivity index (χ4n) is 1.80. The van der Waals surface area contributed by atoms with Crippen LogP contribution in [-0.2, 0) is 0 Å². The molecule has 84 valence electrons. The van der Waals surface area contributed by atoms with Crippen molar-refractivity contribution in [2.45, 2.75) is 27.7 Å². The van der Waals surface area contributed by atoms with Gasteiger partial charge in [0.15, 0.2) is 5.96 Å². The summed E-state index contributed by atoms with van der Waals surface area (Å²) in [4.78, 5) is 0. The number of nitrogens with one attached hydrogen (secondary N) is 2. The molecule has 1 aromatic carbocycles. The number of benzene rings is 1. The van der Waals surface area contributed by atoms with E-state index >= 15 is 0 Å². The van der Waals surface area contributed by atoms with E-state index in [-0.39, 0.29) is 5.96 Å². The number of hydrogen-bond donors (Lipinski definition) is 3. The first-order valence-electron chi connectivity index (χ1n) is 5.01. The summed E-state index contributed by atoms with van der Waals surface area (Å²) in [6.45, 7) is 7.67. The third-order valence-electron chi connectivity index (χ3n) is 3.00. The van der Waals surface area contributed by atoms with Gasteiger partial charge in [-0.2, -0.15) is 5.26 Å². The molecule has 0 atom stereocenters. The lowest BCUT2D eigenvalue weighted by molar-refractivity contribution is 1.21. The van der Waals surface area contributed by atoms with Crippen molar-refractivity contribution in [1.29, 1.82) is 10.7 Å². The van der Waals surface area contributed by atoms with E-state index in [0.717, 1.165) is 27.9 Å². The molecule has 0 radical (unpaired) electrons. The first-order valence-corrected chi connectivity index (χ1v) is 5.01. The number of nitrogens with two attached hydrogens (primary N) is 1. The molecule has 0 saturated carbocycles. The van der Waals surface area contributed by atoms with E-state index in [1.807, 2.05) is 27.7 Å². The van der Waals surface area contributed by atoms with Crippen LogP contribution >= 0.6 is 0 Å². The molecule has 0 saturated heterocycles. The molecule has 4 nitrogen and oxygen atoms in total. The summed E-state index contributed by atoms with van der Waals surface area (Å²) < 4.78 is 0. The van der Waals surface area contributed by atoms with E-state index in [0.29, 0.717) is 5.56 Å². The van der Waals surface area contributed by atoms with Crippen molar-refractivity contribution in [3.05, 3.63) is 27.8 Å². The molecule has 0 fully saturated rings. The quantitative estimate of drug-likeness (QED) is 0.496. The Kier molecular flexibility index (Phi) is 3.19. The predicted octanol–water partition coefficient (Wildman–Crippen LogP) is 2.10. The Bertz CT molecular complexity index is 466. The molecule has 16 heavy (non-hydrogen) atoms. The highest BCUT2D eigenvalue weighted by atomic mass is 15.0. The largest absolute Gasteiger partial charge is 0.370 e. The second-order valence-corrected chi connectivity index (χ2v) is 3.90. The fraction of sp³-hybridized carbons (Fsp3) is 0.333. The number of nitriles is 1. The molecular formula is C12H16N4. The molecule has 0 aliphatic carbocycles. The fourth-order valence-corrected chi connectivity index (χ4v) is 1.80. The molecule has 0 unspecified atom stereocenters. The molecule has 0 aliphatic heterocycles.